The average molecular weight is 235 g/mol. The van der Waals surface area contributed by atoms with Crippen molar-refractivity contribution < 1.29 is 8.78 Å². The molecule has 0 aromatic carbocycles. The largest absolute Gasteiger partial charge is 0.282 e. The van der Waals surface area contributed by atoms with Crippen LogP contribution < -0.4 is 0 Å². The Morgan fingerprint density at radius 3 is 2.40 bits per heavy atom. The molecular formula is C10H13ClF2N2. The lowest BCUT2D eigenvalue weighted by Gasteiger charge is -2.05. The zero-order chi connectivity index (χ0) is 11.6. The maximum Gasteiger partial charge on any atom is 0.282 e. The van der Waals surface area contributed by atoms with Crippen LogP contribution in [0.3, 0.4) is 0 Å². The van der Waals surface area contributed by atoms with Crippen LogP contribution in [-0.4, -0.2) is 9.78 Å². The minimum absolute atomic E-state index is 0.0333. The lowest BCUT2D eigenvalue weighted by atomic mass is 10.2. The topological polar surface area (TPSA) is 17.8 Å². The van der Waals surface area contributed by atoms with Crippen LogP contribution in [0.25, 0.3) is 6.08 Å². The van der Waals surface area contributed by atoms with Gasteiger partial charge in [0.1, 0.15) is 10.8 Å². The Kier molecular flexibility index (Phi) is 3.85. The first kappa shape index (κ1) is 12.2. The molecule has 0 amide bonds. The quantitative estimate of drug-likeness (QED) is 0.770. The van der Waals surface area contributed by atoms with Crippen LogP contribution in [0.4, 0.5) is 8.78 Å². The Morgan fingerprint density at radius 1 is 1.40 bits per heavy atom. The molecule has 0 spiro atoms. The third-order valence-electron chi connectivity index (χ3n) is 1.94. The van der Waals surface area contributed by atoms with E-state index in [0.717, 1.165) is 0 Å². The first-order chi connectivity index (χ1) is 6.99. The Hall–Kier alpha value is -0.900. The van der Waals surface area contributed by atoms with E-state index in [1.807, 2.05) is 13.8 Å². The number of hydrogen-bond acceptors (Lipinski definition) is 1. The van der Waals surface area contributed by atoms with Crippen LogP contribution in [-0.2, 0) is 0 Å². The number of rotatable bonds is 3. The highest BCUT2D eigenvalue weighted by molar-refractivity contribution is 6.31. The molecule has 0 aliphatic rings. The Labute approximate surface area is 92.5 Å². The number of hydrogen-bond donors (Lipinski definition) is 0. The molecule has 5 heteroatoms. The molecule has 84 valence electrons. The van der Waals surface area contributed by atoms with Gasteiger partial charge in [0.25, 0.3) is 6.43 Å². The van der Waals surface area contributed by atoms with Gasteiger partial charge in [-0.05, 0) is 20.8 Å². The number of halogens is 3. The van der Waals surface area contributed by atoms with Crippen molar-refractivity contribution >= 4 is 17.7 Å². The van der Waals surface area contributed by atoms with Crippen molar-refractivity contribution in [1.82, 2.24) is 9.78 Å². The van der Waals surface area contributed by atoms with Crippen molar-refractivity contribution in [2.24, 2.45) is 0 Å². The van der Waals surface area contributed by atoms with Crippen molar-refractivity contribution in [3.63, 3.8) is 0 Å². The maximum absolute atomic E-state index is 12.6. The highest BCUT2D eigenvalue weighted by Crippen LogP contribution is 2.30. The van der Waals surface area contributed by atoms with Crippen LogP contribution in [0, 0.1) is 0 Å². The lowest BCUT2D eigenvalue weighted by Crippen LogP contribution is -2.03. The molecule has 0 atom stereocenters. The predicted octanol–water partition coefficient (Wildman–Crippen LogP) is 4.09. The molecule has 0 radical (unpaired) electrons. The van der Waals surface area contributed by atoms with Gasteiger partial charge in [-0.3, -0.25) is 4.68 Å². The van der Waals surface area contributed by atoms with E-state index in [2.05, 4.69) is 5.10 Å². The van der Waals surface area contributed by atoms with E-state index in [9.17, 15) is 8.78 Å². The minimum atomic E-state index is -2.60. The van der Waals surface area contributed by atoms with Gasteiger partial charge < -0.3 is 0 Å². The van der Waals surface area contributed by atoms with Gasteiger partial charge in [0.05, 0.1) is 0 Å². The predicted molar refractivity (Wildman–Crippen MR) is 57.3 cm³/mol. The van der Waals surface area contributed by atoms with Gasteiger partial charge >= 0.3 is 0 Å². The van der Waals surface area contributed by atoms with E-state index >= 15 is 0 Å². The molecule has 0 aliphatic heterocycles. The first-order valence-corrected chi connectivity index (χ1v) is 5.05. The zero-order valence-corrected chi connectivity index (χ0v) is 9.59. The molecule has 0 bridgehead atoms. The van der Waals surface area contributed by atoms with Crippen LogP contribution in [0.1, 0.15) is 44.5 Å². The van der Waals surface area contributed by atoms with Crippen LogP contribution in [0.5, 0.6) is 0 Å². The summed E-state index contributed by atoms with van der Waals surface area (Å²) in [5.41, 5.74) is 0.0506. The molecule has 0 fully saturated rings. The lowest BCUT2D eigenvalue weighted by molar-refractivity contribution is 0.144. The second-order valence-electron chi connectivity index (χ2n) is 3.43. The third-order valence-corrected chi connectivity index (χ3v) is 2.32. The van der Waals surface area contributed by atoms with Crippen molar-refractivity contribution in [1.29, 1.82) is 0 Å². The van der Waals surface area contributed by atoms with Crippen molar-refractivity contribution in [3.05, 3.63) is 22.5 Å². The van der Waals surface area contributed by atoms with E-state index in [0.29, 0.717) is 5.56 Å². The van der Waals surface area contributed by atoms with Gasteiger partial charge in [-0.2, -0.15) is 5.10 Å². The fraction of sp³-hybridized carbons (Fsp3) is 0.500. The Balaban J connectivity index is 3.32. The minimum Gasteiger partial charge on any atom is -0.250 e. The molecule has 2 nitrogen and oxygen atoms in total. The molecule has 1 rings (SSSR count). The summed E-state index contributed by atoms with van der Waals surface area (Å²) in [7, 11) is 0. The van der Waals surface area contributed by atoms with Gasteiger partial charge in [0, 0.05) is 11.6 Å². The van der Waals surface area contributed by atoms with Crippen molar-refractivity contribution in [3.8, 4) is 0 Å². The third kappa shape index (κ3) is 2.37. The standard InChI is InChI=1S/C10H13ClF2N2/c1-4-5-7-8(10(12)13)14-15(6(2)3)9(7)11/h4-6,10H,1-3H3. The first-order valence-electron chi connectivity index (χ1n) is 4.67. The van der Waals surface area contributed by atoms with Gasteiger partial charge in [-0.25, -0.2) is 8.78 Å². The SMILES string of the molecule is CC=Cc1c(C(F)F)nn(C(C)C)c1Cl. The molecule has 1 aromatic rings. The van der Waals surface area contributed by atoms with Crippen molar-refractivity contribution in [2.75, 3.05) is 0 Å². The number of aromatic nitrogens is 2. The molecule has 0 N–H and O–H groups in total. The average Bonchev–Trinajstić information content (AvgIpc) is 2.45. The molecular weight excluding hydrogens is 222 g/mol. The highest BCUT2D eigenvalue weighted by Gasteiger charge is 2.22. The van der Waals surface area contributed by atoms with E-state index < -0.39 is 6.43 Å². The summed E-state index contributed by atoms with van der Waals surface area (Å²) < 4.78 is 26.7. The highest BCUT2D eigenvalue weighted by atomic mass is 35.5. The normalized spacial score (nSPS) is 12.3. The number of alkyl halides is 2. The Morgan fingerprint density at radius 2 is 2.00 bits per heavy atom. The summed E-state index contributed by atoms with van der Waals surface area (Å²) in [5, 5.41) is 4.07. The van der Waals surface area contributed by atoms with E-state index in [1.54, 1.807) is 19.1 Å². The van der Waals surface area contributed by atoms with Gasteiger partial charge in [0.2, 0.25) is 0 Å². The summed E-state index contributed by atoms with van der Waals surface area (Å²) >= 11 is 5.96. The zero-order valence-electron chi connectivity index (χ0n) is 8.84. The monoisotopic (exact) mass is 234 g/mol. The van der Waals surface area contributed by atoms with E-state index in [4.69, 9.17) is 11.6 Å². The molecule has 0 saturated heterocycles. The molecule has 1 aromatic heterocycles. The molecule has 0 aliphatic carbocycles. The fourth-order valence-electron chi connectivity index (χ4n) is 1.27. The van der Waals surface area contributed by atoms with Gasteiger partial charge in [0.15, 0.2) is 0 Å². The summed E-state index contributed by atoms with van der Waals surface area (Å²) in [5.74, 6) is 0. The second kappa shape index (κ2) is 4.75. The maximum atomic E-state index is 12.6. The summed E-state index contributed by atoms with van der Waals surface area (Å²) in [6, 6.07) is -0.0333. The molecule has 1 heterocycles. The van der Waals surface area contributed by atoms with E-state index in [1.165, 1.54) is 4.68 Å². The smallest absolute Gasteiger partial charge is 0.250 e. The van der Waals surface area contributed by atoms with E-state index in [-0.39, 0.29) is 16.9 Å². The van der Waals surface area contributed by atoms with Crippen molar-refractivity contribution in [2.45, 2.75) is 33.2 Å². The fourth-order valence-corrected chi connectivity index (χ4v) is 1.66. The van der Waals surface area contributed by atoms with Crippen LogP contribution in [0.15, 0.2) is 6.08 Å². The van der Waals surface area contributed by atoms with Gasteiger partial charge in [-0.1, -0.05) is 23.8 Å². The Bertz CT molecular complexity index is 370. The van der Waals surface area contributed by atoms with Crippen LogP contribution in [0.2, 0.25) is 5.15 Å². The molecule has 0 unspecified atom stereocenters. The van der Waals surface area contributed by atoms with Gasteiger partial charge in [-0.15, -0.1) is 0 Å². The summed E-state index contributed by atoms with van der Waals surface area (Å²) in [6.07, 6.45) is 0.614. The van der Waals surface area contributed by atoms with Crippen LogP contribution >= 0.6 is 11.6 Å². The molecule has 15 heavy (non-hydrogen) atoms. The molecule has 0 saturated carbocycles. The summed E-state index contributed by atoms with van der Waals surface area (Å²) in [4.78, 5) is 0. The second-order valence-corrected chi connectivity index (χ2v) is 3.79. The number of allylic oxidation sites excluding steroid dienone is 1. The summed E-state index contributed by atoms with van der Waals surface area (Å²) in [6.45, 7) is 5.43. The number of nitrogens with zero attached hydrogens (tertiary/aromatic N) is 2.